The summed E-state index contributed by atoms with van der Waals surface area (Å²) in [5.74, 6) is -0.427. The van der Waals surface area contributed by atoms with Gasteiger partial charge in [0.05, 0.1) is 12.5 Å². The Morgan fingerprint density at radius 1 is 1.30 bits per heavy atom. The van der Waals surface area contributed by atoms with Crippen molar-refractivity contribution in [1.82, 2.24) is 15.5 Å². The van der Waals surface area contributed by atoms with E-state index in [-0.39, 0.29) is 12.5 Å². The largest absolute Gasteiger partial charge is 0.423 e. The van der Waals surface area contributed by atoms with Crippen LogP contribution in [0.3, 0.4) is 0 Å². The fourth-order valence-corrected chi connectivity index (χ4v) is 1.79. The molecule has 0 spiro atoms. The molecule has 0 radical (unpaired) electrons. The molecule has 1 aromatic carbocycles. The van der Waals surface area contributed by atoms with Crippen molar-refractivity contribution in [2.45, 2.75) is 32.7 Å². The van der Waals surface area contributed by atoms with Crippen LogP contribution in [0.4, 0.5) is 8.78 Å². The monoisotopic (exact) mass is 281 g/mol. The molecule has 1 atom stereocenters. The molecule has 108 valence electrons. The van der Waals surface area contributed by atoms with Gasteiger partial charge in [0.25, 0.3) is 0 Å². The van der Waals surface area contributed by atoms with E-state index >= 15 is 0 Å². The zero-order valence-electron chi connectivity index (χ0n) is 11.5. The van der Waals surface area contributed by atoms with Gasteiger partial charge < -0.3 is 9.73 Å². The van der Waals surface area contributed by atoms with E-state index in [9.17, 15) is 8.78 Å². The van der Waals surface area contributed by atoms with Crippen molar-refractivity contribution in [1.29, 1.82) is 0 Å². The predicted molar refractivity (Wildman–Crippen MR) is 70.2 cm³/mol. The molecule has 20 heavy (non-hydrogen) atoms. The number of benzene rings is 1. The molecule has 0 saturated carbocycles. The van der Waals surface area contributed by atoms with E-state index in [0.29, 0.717) is 17.3 Å². The Hall–Kier alpha value is -1.82. The fraction of sp³-hybridized carbons (Fsp3) is 0.429. The van der Waals surface area contributed by atoms with Crippen molar-refractivity contribution in [3.05, 3.63) is 47.2 Å². The lowest BCUT2D eigenvalue weighted by molar-refractivity contribution is 0.396. The first-order valence-electron chi connectivity index (χ1n) is 6.59. The topological polar surface area (TPSA) is 51.0 Å². The molecule has 4 nitrogen and oxygen atoms in total. The minimum absolute atomic E-state index is 0.0470. The van der Waals surface area contributed by atoms with Crippen molar-refractivity contribution in [2.75, 3.05) is 6.54 Å². The summed E-state index contributed by atoms with van der Waals surface area (Å²) in [5.41, 5.74) is 0.329. The van der Waals surface area contributed by atoms with Gasteiger partial charge in [-0.2, -0.15) is 0 Å². The summed E-state index contributed by atoms with van der Waals surface area (Å²) in [4.78, 5) is 0. The molecule has 1 N–H and O–H groups in total. The van der Waals surface area contributed by atoms with Crippen LogP contribution < -0.4 is 5.32 Å². The molecule has 0 aliphatic heterocycles. The van der Waals surface area contributed by atoms with Gasteiger partial charge >= 0.3 is 0 Å². The number of nitrogens with zero attached hydrogens (tertiary/aromatic N) is 2. The van der Waals surface area contributed by atoms with E-state index in [2.05, 4.69) is 22.4 Å². The van der Waals surface area contributed by atoms with Gasteiger partial charge in [0.1, 0.15) is 11.6 Å². The molecule has 2 rings (SSSR count). The molecular formula is C14H17F2N3O. The van der Waals surface area contributed by atoms with Crippen LogP contribution in [0.25, 0.3) is 0 Å². The lowest BCUT2D eigenvalue weighted by Crippen LogP contribution is -2.19. The van der Waals surface area contributed by atoms with Crippen LogP contribution in [0.2, 0.25) is 0 Å². The maximum atomic E-state index is 13.5. The molecule has 0 amide bonds. The van der Waals surface area contributed by atoms with E-state index in [1.165, 1.54) is 12.1 Å². The SMILES string of the molecule is CCCNC(C)c1nnc(Cc2ccc(F)cc2F)o1. The third-order valence-corrected chi connectivity index (χ3v) is 2.91. The van der Waals surface area contributed by atoms with E-state index in [0.717, 1.165) is 19.0 Å². The van der Waals surface area contributed by atoms with Crippen molar-refractivity contribution in [3.8, 4) is 0 Å². The first kappa shape index (κ1) is 14.6. The summed E-state index contributed by atoms with van der Waals surface area (Å²) in [6.07, 6.45) is 1.16. The molecule has 2 aromatic rings. The molecular weight excluding hydrogens is 264 g/mol. The summed E-state index contributed by atoms with van der Waals surface area (Å²) in [6.45, 7) is 4.84. The average Bonchev–Trinajstić information content (AvgIpc) is 2.88. The zero-order valence-corrected chi connectivity index (χ0v) is 11.5. The van der Waals surface area contributed by atoms with Crippen LogP contribution in [-0.2, 0) is 6.42 Å². The Bertz CT molecular complexity index is 571. The van der Waals surface area contributed by atoms with E-state index in [1.54, 1.807) is 0 Å². The maximum Gasteiger partial charge on any atom is 0.233 e. The Labute approximate surface area is 116 Å². The first-order chi connectivity index (χ1) is 9.60. The normalized spacial score (nSPS) is 12.6. The average molecular weight is 281 g/mol. The van der Waals surface area contributed by atoms with Crippen molar-refractivity contribution in [3.63, 3.8) is 0 Å². The summed E-state index contributed by atoms with van der Waals surface area (Å²) in [5, 5.41) is 11.0. The summed E-state index contributed by atoms with van der Waals surface area (Å²) in [7, 11) is 0. The fourth-order valence-electron chi connectivity index (χ4n) is 1.79. The summed E-state index contributed by atoms with van der Waals surface area (Å²) < 4.78 is 31.8. The highest BCUT2D eigenvalue weighted by Crippen LogP contribution is 2.16. The Morgan fingerprint density at radius 2 is 2.10 bits per heavy atom. The van der Waals surface area contributed by atoms with Crippen LogP contribution >= 0.6 is 0 Å². The molecule has 0 fully saturated rings. The minimum atomic E-state index is -0.609. The van der Waals surface area contributed by atoms with Gasteiger partial charge in [-0.15, -0.1) is 10.2 Å². The molecule has 0 saturated heterocycles. The number of aromatic nitrogens is 2. The Balaban J connectivity index is 2.05. The van der Waals surface area contributed by atoms with Gasteiger partial charge in [0.15, 0.2) is 0 Å². The van der Waals surface area contributed by atoms with Gasteiger partial charge in [0, 0.05) is 6.07 Å². The summed E-state index contributed by atoms with van der Waals surface area (Å²) in [6, 6.07) is 3.39. The Morgan fingerprint density at radius 3 is 2.80 bits per heavy atom. The smallest absolute Gasteiger partial charge is 0.233 e. The number of hydrogen-bond donors (Lipinski definition) is 1. The van der Waals surface area contributed by atoms with Gasteiger partial charge in [-0.3, -0.25) is 0 Å². The second-order valence-electron chi connectivity index (χ2n) is 4.62. The van der Waals surface area contributed by atoms with Crippen LogP contribution in [-0.4, -0.2) is 16.7 Å². The number of halogens is 2. The third-order valence-electron chi connectivity index (χ3n) is 2.91. The zero-order chi connectivity index (χ0) is 14.5. The molecule has 1 aromatic heterocycles. The van der Waals surface area contributed by atoms with Gasteiger partial charge in [-0.25, -0.2) is 8.78 Å². The highest BCUT2D eigenvalue weighted by molar-refractivity contribution is 5.21. The van der Waals surface area contributed by atoms with Crippen molar-refractivity contribution in [2.24, 2.45) is 0 Å². The third kappa shape index (κ3) is 3.60. The maximum absolute atomic E-state index is 13.5. The molecule has 0 aliphatic carbocycles. The lowest BCUT2D eigenvalue weighted by atomic mass is 10.1. The highest BCUT2D eigenvalue weighted by atomic mass is 19.1. The van der Waals surface area contributed by atoms with E-state index in [4.69, 9.17) is 4.42 Å². The van der Waals surface area contributed by atoms with Crippen LogP contribution in [0.1, 0.15) is 43.7 Å². The lowest BCUT2D eigenvalue weighted by Gasteiger charge is -2.07. The molecule has 1 unspecified atom stereocenters. The van der Waals surface area contributed by atoms with Gasteiger partial charge in [-0.05, 0) is 31.5 Å². The number of hydrogen-bond acceptors (Lipinski definition) is 4. The predicted octanol–water partition coefficient (Wildman–Crippen LogP) is 3.00. The van der Waals surface area contributed by atoms with Crippen LogP contribution in [0.5, 0.6) is 0 Å². The number of rotatable bonds is 6. The number of nitrogens with one attached hydrogen (secondary N) is 1. The Kier molecular flexibility index (Phi) is 4.79. The van der Waals surface area contributed by atoms with E-state index < -0.39 is 11.6 Å². The quantitative estimate of drug-likeness (QED) is 0.884. The first-order valence-corrected chi connectivity index (χ1v) is 6.59. The molecule has 0 aliphatic rings. The molecule has 1 heterocycles. The van der Waals surface area contributed by atoms with Crippen LogP contribution in [0.15, 0.2) is 22.6 Å². The summed E-state index contributed by atoms with van der Waals surface area (Å²) >= 11 is 0. The van der Waals surface area contributed by atoms with E-state index in [1.807, 2.05) is 6.92 Å². The standard InChI is InChI=1S/C14H17F2N3O/c1-3-6-17-9(2)14-19-18-13(20-14)7-10-4-5-11(15)8-12(10)16/h4-5,8-9,17H,3,6-7H2,1-2H3. The van der Waals surface area contributed by atoms with Gasteiger partial charge in [0.2, 0.25) is 11.8 Å². The second kappa shape index (κ2) is 6.56. The van der Waals surface area contributed by atoms with Crippen molar-refractivity contribution < 1.29 is 13.2 Å². The van der Waals surface area contributed by atoms with Crippen molar-refractivity contribution >= 4 is 0 Å². The second-order valence-corrected chi connectivity index (χ2v) is 4.62. The van der Waals surface area contributed by atoms with Gasteiger partial charge in [-0.1, -0.05) is 13.0 Å². The minimum Gasteiger partial charge on any atom is -0.423 e. The molecule has 0 bridgehead atoms. The van der Waals surface area contributed by atoms with Crippen LogP contribution in [0, 0.1) is 11.6 Å². The highest BCUT2D eigenvalue weighted by Gasteiger charge is 2.14. The molecule has 6 heteroatoms.